The van der Waals surface area contributed by atoms with E-state index in [2.05, 4.69) is 0 Å². The Kier molecular flexibility index (Phi) is 1.88. The number of hydrogen-bond donors (Lipinski definition) is 2. The SMILES string of the molecule is CC1(C(=O)O)CC2CCC1C(O)C2. The van der Waals surface area contributed by atoms with E-state index < -0.39 is 11.4 Å². The molecule has 0 aromatic rings. The zero-order valence-corrected chi connectivity index (χ0v) is 7.86. The van der Waals surface area contributed by atoms with E-state index in [0.717, 1.165) is 25.7 Å². The average molecular weight is 184 g/mol. The highest BCUT2D eigenvalue weighted by Gasteiger charge is 2.53. The molecular formula is C10H16O3. The van der Waals surface area contributed by atoms with Gasteiger partial charge < -0.3 is 10.2 Å². The second-order valence-electron chi connectivity index (χ2n) is 4.78. The molecule has 0 amide bonds. The Bertz CT molecular complexity index is 238. The Labute approximate surface area is 77.8 Å². The number of aliphatic hydroxyl groups is 1. The van der Waals surface area contributed by atoms with Crippen molar-refractivity contribution >= 4 is 5.97 Å². The maximum Gasteiger partial charge on any atom is 0.309 e. The quantitative estimate of drug-likeness (QED) is 0.645. The zero-order valence-electron chi connectivity index (χ0n) is 7.86. The van der Waals surface area contributed by atoms with Crippen molar-refractivity contribution in [3.8, 4) is 0 Å². The third-order valence-corrected chi connectivity index (χ3v) is 3.94. The summed E-state index contributed by atoms with van der Waals surface area (Å²) in [6.07, 6.45) is 3.17. The van der Waals surface area contributed by atoms with Crippen LogP contribution in [-0.4, -0.2) is 22.3 Å². The fourth-order valence-corrected chi connectivity index (χ4v) is 3.16. The van der Waals surface area contributed by atoms with Gasteiger partial charge in [-0.1, -0.05) is 0 Å². The van der Waals surface area contributed by atoms with Crippen molar-refractivity contribution < 1.29 is 15.0 Å². The maximum absolute atomic E-state index is 11.1. The fraction of sp³-hybridized carbons (Fsp3) is 0.900. The van der Waals surface area contributed by atoms with Crippen LogP contribution in [0, 0.1) is 17.3 Å². The molecule has 0 heterocycles. The average Bonchev–Trinajstić information content (AvgIpc) is 2.03. The lowest BCUT2D eigenvalue weighted by Crippen LogP contribution is -2.51. The minimum Gasteiger partial charge on any atom is -0.481 e. The van der Waals surface area contributed by atoms with E-state index in [1.807, 2.05) is 0 Å². The first kappa shape index (κ1) is 9.00. The molecule has 3 rings (SSSR count). The number of aliphatic carboxylic acids is 1. The number of hydrogen-bond acceptors (Lipinski definition) is 2. The van der Waals surface area contributed by atoms with Gasteiger partial charge in [0.2, 0.25) is 0 Å². The molecule has 3 nitrogen and oxygen atoms in total. The molecule has 0 spiro atoms. The fourth-order valence-electron chi connectivity index (χ4n) is 3.16. The van der Waals surface area contributed by atoms with Crippen molar-refractivity contribution in [2.45, 2.75) is 38.7 Å². The van der Waals surface area contributed by atoms with Gasteiger partial charge in [-0.15, -0.1) is 0 Å². The Morgan fingerprint density at radius 1 is 1.46 bits per heavy atom. The molecule has 3 heteroatoms. The summed E-state index contributed by atoms with van der Waals surface area (Å²) in [7, 11) is 0. The number of carbonyl (C=O) groups is 1. The largest absolute Gasteiger partial charge is 0.481 e. The van der Waals surface area contributed by atoms with Crippen LogP contribution in [0.1, 0.15) is 32.6 Å². The third kappa shape index (κ3) is 1.17. The molecule has 3 saturated carbocycles. The zero-order chi connectivity index (χ0) is 9.64. The van der Waals surface area contributed by atoms with Crippen LogP contribution in [0.25, 0.3) is 0 Å². The summed E-state index contributed by atoms with van der Waals surface area (Å²) in [5.41, 5.74) is -0.666. The van der Waals surface area contributed by atoms with E-state index in [0.29, 0.717) is 5.92 Å². The first-order valence-electron chi connectivity index (χ1n) is 4.95. The van der Waals surface area contributed by atoms with Crippen LogP contribution >= 0.6 is 0 Å². The Morgan fingerprint density at radius 3 is 2.54 bits per heavy atom. The van der Waals surface area contributed by atoms with Crippen LogP contribution in [0.3, 0.4) is 0 Å². The molecule has 3 fully saturated rings. The van der Waals surface area contributed by atoms with Crippen molar-refractivity contribution in [2.24, 2.45) is 17.3 Å². The highest BCUT2D eigenvalue weighted by Crippen LogP contribution is 2.52. The molecular weight excluding hydrogens is 168 g/mol. The van der Waals surface area contributed by atoms with E-state index >= 15 is 0 Å². The molecule has 3 aliphatic rings. The summed E-state index contributed by atoms with van der Waals surface area (Å²) >= 11 is 0. The first-order valence-corrected chi connectivity index (χ1v) is 4.95. The van der Waals surface area contributed by atoms with Crippen LogP contribution in [-0.2, 0) is 4.79 Å². The van der Waals surface area contributed by atoms with Crippen LogP contribution in [0.2, 0.25) is 0 Å². The molecule has 0 radical (unpaired) electrons. The van der Waals surface area contributed by atoms with Crippen LogP contribution < -0.4 is 0 Å². The normalized spacial score (nSPS) is 49.2. The van der Waals surface area contributed by atoms with Crippen LogP contribution in [0.15, 0.2) is 0 Å². The summed E-state index contributed by atoms with van der Waals surface area (Å²) in [5, 5.41) is 18.8. The van der Waals surface area contributed by atoms with E-state index in [9.17, 15) is 9.90 Å². The van der Waals surface area contributed by atoms with Gasteiger partial charge in [0.05, 0.1) is 11.5 Å². The van der Waals surface area contributed by atoms with E-state index in [4.69, 9.17) is 5.11 Å². The predicted octanol–water partition coefficient (Wildman–Crippen LogP) is 1.26. The number of rotatable bonds is 1. The summed E-state index contributed by atoms with van der Waals surface area (Å²) in [6, 6.07) is 0. The standard InChI is InChI=1S/C10H16O3/c1-10(9(12)13)5-6-2-3-7(10)8(11)4-6/h6-8,11H,2-5H2,1H3,(H,12,13). The minimum absolute atomic E-state index is 0.0185. The van der Waals surface area contributed by atoms with Crippen molar-refractivity contribution in [2.75, 3.05) is 0 Å². The molecule has 13 heavy (non-hydrogen) atoms. The number of aliphatic hydroxyl groups excluding tert-OH is 1. The highest BCUT2D eigenvalue weighted by molar-refractivity contribution is 5.75. The molecule has 74 valence electrons. The monoisotopic (exact) mass is 184 g/mol. The van der Waals surface area contributed by atoms with Gasteiger partial charge in [0.15, 0.2) is 0 Å². The van der Waals surface area contributed by atoms with Crippen molar-refractivity contribution in [3.05, 3.63) is 0 Å². The van der Waals surface area contributed by atoms with Gasteiger partial charge in [-0.25, -0.2) is 0 Å². The van der Waals surface area contributed by atoms with Crippen LogP contribution in [0.4, 0.5) is 0 Å². The highest BCUT2D eigenvalue weighted by atomic mass is 16.4. The summed E-state index contributed by atoms with van der Waals surface area (Å²) < 4.78 is 0. The van der Waals surface area contributed by atoms with E-state index in [-0.39, 0.29) is 12.0 Å². The minimum atomic E-state index is -0.735. The molecule has 3 aliphatic carbocycles. The summed E-state index contributed by atoms with van der Waals surface area (Å²) in [6.45, 7) is 1.79. The molecule has 2 N–H and O–H groups in total. The Balaban J connectivity index is 2.27. The summed E-state index contributed by atoms with van der Waals surface area (Å²) in [5.74, 6) is -0.322. The smallest absolute Gasteiger partial charge is 0.309 e. The molecule has 0 aliphatic heterocycles. The lowest BCUT2D eigenvalue weighted by molar-refractivity contribution is -0.167. The molecule has 4 atom stereocenters. The van der Waals surface area contributed by atoms with Gasteiger partial charge in [0.25, 0.3) is 0 Å². The molecule has 0 saturated heterocycles. The van der Waals surface area contributed by atoms with Gasteiger partial charge in [-0.2, -0.15) is 0 Å². The van der Waals surface area contributed by atoms with Gasteiger partial charge in [-0.05, 0) is 38.5 Å². The topological polar surface area (TPSA) is 57.5 Å². The number of carboxylic acids is 1. The van der Waals surface area contributed by atoms with Gasteiger partial charge >= 0.3 is 5.97 Å². The molecule has 0 aromatic carbocycles. The second kappa shape index (κ2) is 2.71. The van der Waals surface area contributed by atoms with Crippen molar-refractivity contribution in [1.82, 2.24) is 0 Å². The van der Waals surface area contributed by atoms with Crippen molar-refractivity contribution in [1.29, 1.82) is 0 Å². The summed E-state index contributed by atoms with van der Waals surface area (Å²) in [4.78, 5) is 11.1. The number of fused-ring (bicyclic) bond motifs is 3. The lowest BCUT2D eigenvalue weighted by atomic mass is 9.55. The second-order valence-corrected chi connectivity index (χ2v) is 4.78. The number of carboxylic acid groups (broad SMARTS) is 1. The van der Waals surface area contributed by atoms with Crippen molar-refractivity contribution in [3.63, 3.8) is 0 Å². The van der Waals surface area contributed by atoms with Gasteiger partial charge in [0.1, 0.15) is 0 Å². The Hall–Kier alpha value is -0.570. The third-order valence-electron chi connectivity index (χ3n) is 3.94. The van der Waals surface area contributed by atoms with Gasteiger partial charge in [-0.3, -0.25) is 4.79 Å². The first-order chi connectivity index (χ1) is 6.04. The van der Waals surface area contributed by atoms with E-state index in [1.54, 1.807) is 6.92 Å². The Morgan fingerprint density at radius 2 is 2.15 bits per heavy atom. The maximum atomic E-state index is 11.1. The predicted molar refractivity (Wildman–Crippen MR) is 47.2 cm³/mol. The van der Waals surface area contributed by atoms with Gasteiger partial charge in [0, 0.05) is 5.92 Å². The molecule has 2 bridgehead atoms. The van der Waals surface area contributed by atoms with Crippen LogP contribution in [0.5, 0.6) is 0 Å². The molecule has 0 aromatic heterocycles. The lowest BCUT2D eigenvalue weighted by Gasteiger charge is -2.49. The van der Waals surface area contributed by atoms with E-state index in [1.165, 1.54) is 0 Å². The molecule has 4 unspecified atom stereocenters.